The maximum atomic E-state index is 9.35. The summed E-state index contributed by atoms with van der Waals surface area (Å²) in [5.41, 5.74) is 1.00. The lowest BCUT2D eigenvalue weighted by molar-refractivity contribution is -0.134. The van der Waals surface area contributed by atoms with E-state index in [1.807, 2.05) is 18.3 Å². The molecular formula is C14H22N2O2. The minimum atomic E-state index is -0.0692. The molecule has 0 spiro atoms. The summed E-state index contributed by atoms with van der Waals surface area (Å²) < 4.78 is 5.18. The van der Waals surface area contributed by atoms with Crippen molar-refractivity contribution in [3.8, 4) is 0 Å². The van der Waals surface area contributed by atoms with Crippen LogP contribution in [0.5, 0.6) is 0 Å². The van der Waals surface area contributed by atoms with Crippen molar-refractivity contribution in [2.75, 3.05) is 32.9 Å². The largest absolute Gasteiger partial charge is 0.396 e. The fourth-order valence-electron chi connectivity index (χ4n) is 2.13. The van der Waals surface area contributed by atoms with Crippen LogP contribution in [0.15, 0.2) is 24.4 Å². The highest BCUT2D eigenvalue weighted by Crippen LogP contribution is 2.26. The standard InChI is InChI=1S/C14H22N2O2/c1-13(2,12-5-3-4-6-16-12)7-15-8-14(9-17)10-18-11-14/h3-6,15,17H,7-11H2,1-2H3. The first-order valence-electron chi connectivity index (χ1n) is 6.39. The molecule has 2 heterocycles. The average molecular weight is 250 g/mol. The first-order valence-corrected chi connectivity index (χ1v) is 6.39. The molecule has 100 valence electrons. The van der Waals surface area contributed by atoms with Gasteiger partial charge in [-0.2, -0.15) is 0 Å². The van der Waals surface area contributed by atoms with Crippen LogP contribution in [0.1, 0.15) is 19.5 Å². The van der Waals surface area contributed by atoms with Gasteiger partial charge in [0.25, 0.3) is 0 Å². The molecule has 4 nitrogen and oxygen atoms in total. The SMILES string of the molecule is CC(C)(CNCC1(CO)COC1)c1ccccn1. The first-order chi connectivity index (χ1) is 8.58. The molecule has 0 atom stereocenters. The van der Waals surface area contributed by atoms with E-state index in [9.17, 15) is 5.11 Å². The van der Waals surface area contributed by atoms with Crippen LogP contribution in [0.3, 0.4) is 0 Å². The quantitative estimate of drug-likeness (QED) is 0.789. The highest BCUT2D eigenvalue weighted by molar-refractivity contribution is 5.15. The number of aliphatic hydroxyl groups is 1. The van der Waals surface area contributed by atoms with Crippen molar-refractivity contribution in [2.45, 2.75) is 19.3 Å². The first kappa shape index (κ1) is 13.5. The molecule has 2 rings (SSSR count). The summed E-state index contributed by atoms with van der Waals surface area (Å²) >= 11 is 0. The molecule has 0 aromatic carbocycles. The van der Waals surface area contributed by atoms with Crippen LogP contribution in [0.2, 0.25) is 0 Å². The molecule has 0 amide bonds. The minimum Gasteiger partial charge on any atom is -0.396 e. The Kier molecular flexibility index (Phi) is 4.00. The molecule has 1 aromatic rings. The fraction of sp³-hybridized carbons (Fsp3) is 0.643. The molecule has 1 aromatic heterocycles. The second-order valence-corrected chi connectivity index (χ2v) is 5.85. The van der Waals surface area contributed by atoms with E-state index in [1.54, 1.807) is 0 Å². The number of nitrogens with one attached hydrogen (secondary N) is 1. The zero-order valence-electron chi connectivity index (χ0n) is 11.1. The second kappa shape index (κ2) is 5.34. The van der Waals surface area contributed by atoms with Crippen LogP contribution in [0.4, 0.5) is 0 Å². The Balaban J connectivity index is 1.86. The van der Waals surface area contributed by atoms with Gasteiger partial charge in [-0.25, -0.2) is 0 Å². The number of rotatable bonds is 6. The normalized spacial score (nSPS) is 18.4. The monoisotopic (exact) mass is 250 g/mol. The number of aromatic nitrogens is 1. The topological polar surface area (TPSA) is 54.4 Å². The summed E-state index contributed by atoms with van der Waals surface area (Å²) in [6.45, 7) is 7.47. The third kappa shape index (κ3) is 2.88. The van der Waals surface area contributed by atoms with Crippen molar-refractivity contribution < 1.29 is 9.84 Å². The molecule has 4 heteroatoms. The summed E-state index contributed by atoms with van der Waals surface area (Å²) in [6.07, 6.45) is 1.83. The van der Waals surface area contributed by atoms with E-state index in [2.05, 4.69) is 30.2 Å². The number of aliphatic hydroxyl groups excluding tert-OH is 1. The van der Waals surface area contributed by atoms with Crippen molar-refractivity contribution in [3.05, 3.63) is 30.1 Å². The Bertz CT molecular complexity index is 369. The van der Waals surface area contributed by atoms with Gasteiger partial charge in [0.05, 0.1) is 25.2 Å². The second-order valence-electron chi connectivity index (χ2n) is 5.85. The minimum absolute atomic E-state index is 0.0114. The number of pyridine rings is 1. The average Bonchev–Trinajstić information content (AvgIpc) is 2.34. The number of hydrogen-bond acceptors (Lipinski definition) is 4. The highest BCUT2D eigenvalue weighted by Gasteiger charge is 2.38. The molecular weight excluding hydrogens is 228 g/mol. The Morgan fingerprint density at radius 2 is 2.22 bits per heavy atom. The Hall–Kier alpha value is -0.970. The smallest absolute Gasteiger partial charge is 0.0579 e. The third-order valence-electron chi connectivity index (χ3n) is 3.58. The van der Waals surface area contributed by atoms with Crippen molar-refractivity contribution >= 4 is 0 Å². The van der Waals surface area contributed by atoms with Crippen molar-refractivity contribution in [1.82, 2.24) is 10.3 Å². The highest BCUT2D eigenvalue weighted by atomic mass is 16.5. The molecule has 1 aliphatic rings. The number of nitrogens with zero attached hydrogens (tertiary/aromatic N) is 1. The molecule has 0 saturated carbocycles. The van der Waals surface area contributed by atoms with E-state index in [1.165, 1.54) is 0 Å². The predicted octanol–water partition coefficient (Wildman–Crippen LogP) is 0.958. The zero-order chi connectivity index (χ0) is 13.1. The van der Waals surface area contributed by atoms with Crippen LogP contribution < -0.4 is 5.32 Å². The van der Waals surface area contributed by atoms with Gasteiger partial charge in [-0.1, -0.05) is 19.9 Å². The summed E-state index contributed by atoms with van der Waals surface area (Å²) in [5.74, 6) is 0. The maximum absolute atomic E-state index is 9.35. The van der Waals surface area contributed by atoms with Crippen LogP contribution >= 0.6 is 0 Å². The molecule has 2 N–H and O–H groups in total. The van der Waals surface area contributed by atoms with Crippen LogP contribution in [0.25, 0.3) is 0 Å². The molecule has 0 unspecified atom stereocenters. The number of hydrogen-bond donors (Lipinski definition) is 2. The van der Waals surface area contributed by atoms with E-state index < -0.39 is 0 Å². The third-order valence-corrected chi connectivity index (χ3v) is 3.58. The van der Waals surface area contributed by atoms with Gasteiger partial charge in [-0.3, -0.25) is 4.98 Å². The number of ether oxygens (including phenoxy) is 1. The summed E-state index contributed by atoms with van der Waals surface area (Å²) in [5, 5.41) is 12.8. The van der Waals surface area contributed by atoms with Gasteiger partial charge < -0.3 is 15.2 Å². The molecule has 1 fully saturated rings. The fourth-order valence-corrected chi connectivity index (χ4v) is 2.13. The van der Waals surface area contributed by atoms with E-state index in [0.717, 1.165) is 18.8 Å². The lowest BCUT2D eigenvalue weighted by Gasteiger charge is -2.40. The molecule has 0 aliphatic carbocycles. The molecule has 18 heavy (non-hydrogen) atoms. The molecule has 1 saturated heterocycles. The van der Waals surface area contributed by atoms with Crippen LogP contribution in [-0.2, 0) is 10.2 Å². The van der Waals surface area contributed by atoms with E-state index in [0.29, 0.717) is 13.2 Å². The van der Waals surface area contributed by atoms with Gasteiger partial charge in [0.1, 0.15) is 0 Å². The summed E-state index contributed by atoms with van der Waals surface area (Å²) in [4.78, 5) is 4.41. The van der Waals surface area contributed by atoms with E-state index in [-0.39, 0.29) is 17.4 Å². The zero-order valence-corrected chi connectivity index (χ0v) is 11.1. The van der Waals surface area contributed by atoms with Crippen molar-refractivity contribution in [3.63, 3.8) is 0 Å². The van der Waals surface area contributed by atoms with Crippen molar-refractivity contribution in [2.24, 2.45) is 5.41 Å². The van der Waals surface area contributed by atoms with Gasteiger partial charge in [0.15, 0.2) is 0 Å². The Morgan fingerprint density at radius 3 is 2.72 bits per heavy atom. The Morgan fingerprint density at radius 1 is 1.44 bits per heavy atom. The van der Waals surface area contributed by atoms with Gasteiger partial charge in [0, 0.05) is 30.4 Å². The van der Waals surface area contributed by atoms with Gasteiger partial charge in [-0.15, -0.1) is 0 Å². The lowest BCUT2D eigenvalue weighted by atomic mass is 9.85. The molecule has 0 bridgehead atoms. The lowest BCUT2D eigenvalue weighted by Crippen LogP contribution is -2.53. The summed E-state index contributed by atoms with van der Waals surface area (Å²) in [7, 11) is 0. The molecule has 0 radical (unpaired) electrons. The van der Waals surface area contributed by atoms with E-state index in [4.69, 9.17) is 4.74 Å². The summed E-state index contributed by atoms with van der Waals surface area (Å²) in [6, 6.07) is 5.99. The van der Waals surface area contributed by atoms with Gasteiger partial charge in [0.2, 0.25) is 0 Å². The van der Waals surface area contributed by atoms with Gasteiger partial charge in [-0.05, 0) is 12.1 Å². The van der Waals surface area contributed by atoms with Gasteiger partial charge >= 0.3 is 0 Å². The predicted molar refractivity (Wildman–Crippen MR) is 70.5 cm³/mol. The van der Waals surface area contributed by atoms with E-state index >= 15 is 0 Å². The van der Waals surface area contributed by atoms with Crippen molar-refractivity contribution in [1.29, 1.82) is 0 Å². The maximum Gasteiger partial charge on any atom is 0.0579 e. The Labute approximate surface area is 108 Å². The molecule has 1 aliphatic heterocycles. The van der Waals surface area contributed by atoms with Crippen LogP contribution in [-0.4, -0.2) is 43.0 Å². The van der Waals surface area contributed by atoms with Crippen LogP contribution in [0, 0.1) is 5.41 Å².